The van der Waals surface area contributed by atoms with Crippen molar-refractivity contribution in [2.24, 2.45) is 0 Å². The second-order valence-electron chi connectivity index (χ2n) is 5.15. The van der Waals surface area contributed by atoms with Gasteiger partial charge in [-0.3, -0.25) is 19.4 Å². The fourth-order valence-corrected chi connectivity index (χ4v) is 4.44. The zero-order valence-electron chi connectivity index (χ0n) is 12.8. The minimum atomic E-state index is -0.0827. The summed E-state index contributed by atoms with van der Waals surface area (Å²) in [6, 6.07) is 7.61. The molecule has 0 unspecified atom stereocenters. The van der Waals surface area contributed by atoms with E-state index in [9.17, 15) is 9.59 Å². The van der Waals surface area contributed by atoms with Crippen LogP contribution in [-0.2, 0) is 9.59 Å². The average molecular weight is 393 g/mol. The van der Waals surface area contributed by atoms with Crippen LogP contribution in [0.1, 0.15) is 11.1 Å². The van der Waals surface area contributed by atoms with Gasteiger partial charge in [0.2, 0.25) is 0 Å². The molecule has 122 valence electrons. The lowest BCUT2D eigenvalue weighted by atomic mass is 10.1. The van der Waals surface area contributed by atoms with E-state index in [0.717, 1.165) is 11.1 Å². The van der Waals surface area contributed by atoms with Crippen LogP contribution in [-0.4, -0.2) is 44.4 Å². The first-order valence-electron chi connectivity index (χ1n) is 6.90. The van der Waals surface area contributed by atoms with Gasteiger partial charge in [-0.05, 0) is 23.3 Å². The summed E-state index contributed by atoms with van der Waals surface area (Å²) in [7, 11) is 3.34. The second kappa shape index (κ2) is 6.79. The van der Waals surface area contributed by atoms with Crippen molar-refractivity contribution in [3.63, 3.8) is 0 Å². The van der Waals surface area contributed by atoms with Gasteiger partial charge in [0.1, 0.15) is 8.64 Å². The number of thiocarbonyl (C=S) groups is 2. The summed E-state index contributed by atoms with van der Waals surface area (Å²) in [5.74, 6) is -0.165. The number of nitrogens with zero attached hydrogens (tertiary/aromatic N) is 2. The second-order valence-corrected chi connectivity index (χ2v) is 8.50. The van der Waals surface area contributed by atoms with Crippen LogP contribution >= 0.6 is 48.0 Å². The third-order valence-electron chi connectivity index (χ3n) is 3.51. The molecule has 2 amide bonds. The van der Waals surface area contributed by atoms with Gasteiger partial charge in [0, 0.05) is 14.1 Å². The monoisotopic (exact) mass is 392 g/mol. The molecular weight excluding hydrogens is 380 g/mol. The van der Waals surface area contributed by atoms with Crippen molar-refractivity contribution in [3.05, 3.63) is 45.2 Å². The lowest BCUT2D eigenvalue weighted by Crippen LogP contribution is -2.22. The molecule has 8 heteroatoms. The maximum atomic E-state index is 12.0. The van der Waals surface area contributed by atoms with Crippen molar-refractivity contribution < 1.29 is 9.59 Å². The summed E-state index contributed by atoms with van der Waals surface area (Å²) in [5.41, 5.74) is 1.81. The molecule has 0 atom stereocenters. The number of thioether (sulfide) groups is 2. The first-order chi connectivity index (χ1) is 11.4. The first kappa shape index (κ1) is 17.3. The average Bonchev–Trinajstić information content (AvgIpc) is 2.94. The summed E-state index contributed by atoms with van der Waals surface area (Å²) in [4.78, 5) is 28.2. The third-order valence-corrected chi connectivity index (χ3v) is 6.47. The van der Waals surface area contributed by atoms with Crippen LogP contribution in [0.25, 0.3) is 12.2 Å². The summed E-state index contributed by atoms with van der Waals surface area (Å²) in [6.07, 6.45) is 3.64. The molecule has 0 saturated carbocycles. The van der Waals surface area contributed by atoms with Crippen molar-refractivity contribution in [1.82, 2.24) is 9.80 Å². The van der Waals surface area contributed by atoms with Gasteiger partial charge < -0.3 is 0 Å². The van der Waals surface area contributed by atoms with Gasteiger partial charge in [0.05, 0.1) is 9.81 Å². The van der Waals surface area contributed by atoms with E-state index in [-0.39, 0.29) is 11.8 Å². The zero-order chi connectivity index (χ0) is 17.4. The van der Waals surface area contributed by atoms with Crippen LogP contribution in [0, 0.1) is 0 Å². The third kappa shape index (κ3) is 3.32. The summed E-state index contributed by atoms with van der Waals surface area (Å²) in [5, 5.41) is 0. The molecule has 2 saturated heterocycles. The van der Waals surface area contributed by atoms with Crippen molar-refractivity contribution in [3.8, 4) is 0 Å². The van der Waals surface area contributed by atoms with E-state index in [2.05, 4.69) is 0 Å². The van der Waals surface area contributed by atoms with Crippen molar-refractivity contribution in [2.45, 2.75) is 0 Å². The van der Waals surface area contributed by atoms with E-state index in [1.165, 1.54) is 33.3 Å². The summed E-state index contributed by atoms with van der Waals surface area (Å²) in [6.45, 7) is 0. The van der Waals surface area contributed by atoms with Crippen LogP contribution in [0.15, 0.2) is 34.1 Å². The van der Waals surface area contributed by atoms with E-state index in [4.69, 9.17) is 24.4 Å². The van der Waals surface area contributed by atoms with Crippen molar-refractivity contribution in [1.29, 1.82) is 0 Å². The van der Waals surface area contributed by atoms with Crippen molar-refractivity contribution >= 4 is 80.6 Å². The zero-order valence-corrected chi connectivity index (χ0v) is 16.1. The topological polar surface area (TPSA) is 40.6 Å². The Morgan fingerprint density at radius 2 is 1.12 bits per heavy atom. The van der Waals surface area contributed by atoms with E-state index in [0.29, 0.717) is 18.5 Å². The normalized spacial score (nSPS) is 21.8. The highest BCUT2D eigenvalue weighted by Gasteiger charge is 2.29. The number of hydrogen-bond acceptors (Lipinski definition) is 6. The molecule has 3 rings (SSSR count). The molecular formula is C16H12N2O2S4. The van der Waals surface area contributed by atoms with Gasteiger partial charge in [0.25, 0.3) is 11.8 Å². The lowest BCUT2D eigenvalue weighted by Gasteiger charge is -2.04. The molecule has 2 aliphatic heterocycles. The fraction of sp³-hybridized carbons (Fsp3) is 0.125. The van der Waals surface area contributed by atoms with Gasteiger partial charge in [-0.2, -0.15) is 0 Å². The summed E-state index contributed by atoms with van der Waals surface area (Å²) >= 11 is 12.8. The summed E-state index contributed by atoms with van der Waals surface area (Å²) < 4.78 is 1.12. The molecule has 2 heterocycles. The van der Waals surface area contributed by atoms with Crippen LogP contribution in [0.3, 0.4) is 0 Å². The minimum absolute atomic E-state index is 0.0827. The number of amides is 2. The smallest absolute Gasteiger partial charge is 0.265 e. The van der Waals surface area contributed by atoms with E-state index >= 15 is 0 Å². The van der Waals surface area contributed by atoms with Crippen molar-refractivity contribution in [2.75, 3.05) is 14.1 Å². The van der Waals surface area contributed by atoms with Gasteiger partial charge in [0.15, 0.2) is 0 Å². The highest BCUT2D eigenvalue weighted by molar-refractivity contribution is 8.27. The fourth-order valence-electron chi connectivity index (χ4n) is 2.08. The highest BCUT2D eigenvalue weighted by atomic mass is 32.2. The Balaban J connectivity index is 1.80. The minimum Gasteiger partial charge on any atom is -0.296 e. The number of rotatable bonds is 2. The molecule has 0 N–H and O–H groups in total. The standard InChI is InChI=1S/C16H12N2O2S4/c1-17-13(19)11(23-15(17)21)7-9-3-5-10(6-4-9)8-12-14(20)18(2)16(22)24-12/h3-8H,1-2H3/b11-7-,12-8-. The maximum Gasteiger partial charge on any atom is 0.265 e. The van der Waals surface area contributed by atoms with Gasteiger partial charge >= 0.3 is 0 Å². The quantitative estimate of drug-likeness (QED) is 0.568. The molecule has 0 bridgehead atoms. The maximum absolute atomic E-state index is 12.0. The Morgan fingerprint density at radius 3 is 1.38 bits per heavy atom. The molecule has 24 heavy (non-hydrogen) atoms. The van der Waals surface area contributed by atoms with Crippen LogP contribution in [0.5, 0.6) is 0 Å². The van der Waals surface area contributed by atoms with Crippen LogP contribution in [0.2, 0.25) is 0 Å². The Kier molecular flexibility index (Phi) is 4.91. The highest BCUT2D eigenvalue weighted by Crippen LogP contribution is 2.32. The molecule has 0 aromatic heterocycles. The Labute approximate surface area is 158 Å². The van der Waals surface area contributed by atoms with E-state index < -0.39 is 0 Å². The molecule has 1 aromatic carbocycles. The molecule has 0 radical (unpaired) electrons. The Morgan fingerprint density at radius 1 is 0.792 bits per heavy atom. The van der Waals surface area contributed by atoms with Gasteiger partial charge in [-0.25, -0.2) is 0 Å². The number of likely N-dealkylation sites (N-methyl/N-ethyl adjacent to an activating group) is 2. The molecule has 2 aliphatic rings. The first-order valence-corrected chi connectivity index (χ1v) is 9.35. The van der Waals surface area contributed by atoms with Gasteiger partial charge in [-0.15, -0.1) is 0 Å². The number of carbonyl (C=O) groups is 2. The van der Waals surface area contributed by atoms with Crippen LogP contribution in [0.4, 0.5) is 0 Å². The molecule has 4 nitrogen and oxygen atoms in total. The predicted octanol–water partition coefficient (Wildman–Crippen LogP) is 3.35. The molecule has 2 fully saturated rings. The van der Waals surface area contributed by atoms with Crippen LogP contribution < -0.4 is 0 Å². The Hall–Kier alpha value is -1.48. The number of hydrogen-bond donors (Lipinski definition) is 0. The number of benzene rings is 1. The lowest BCUT2D eigenvalue weighted by molar-refractivity contribution is -0.122. The SMILES string of the molecule is CN1C(=O)/C(=C/c2ccc(/C=C3\SC(=S)N(C)C3=O)cc2)SC1=S. The molecule has 0 spiro atoms. The van der Waals surface area contributed by atoms with E-state index in [1.807, 2.05) is 36.4 Å². The van der Waals surface area contributed by atoms with E-state index in [1.54, 1.807) is 14.1 Å². The predicted molar refractivity (Wildman–Crippen MR) is 108 cm³/mol. The largest absolute Gasteiger partial charge is 0.296 e. The Bertz CT molecular complexity index is 758. The number of carbonyl (C=O) groups excluding carboxylic acids is 2. The van der Waals surface area contributed by atoms with Gasteiger partial charge in [-0.1, -0.05) is 72.2 Å². The molecule has 0 aliphatic carbocycles. The molecule has 1 aromatic rings.